The number of nitrogens with two attached hydrogens (primary N) is 1. The van der Waals surface area contributed by atoms with Crippen molar-refractivity contribution in [2.75, 3.05) is 18.5 Å². The van der Waals surface area contributed by atoms with E-state index in [0.29, 0.717) is 6.54 Å². The third-order valence-corrected chi connectivity index (χ3v) is 3.77. The molecule has 0 saturated heterocycles. The molecule has 1 amide bonds. The lowest BCUT2D eigenvalue weighted by molar-refractivity contribution is 0.0955. The number of nitrogen functional groups attached to an aromatic ring is 1. The molecule has 5 nitrogen and oxygen atoms in total. The molecule has 7 heteroatoms. The zero-order valence-corrected chi connectivity index (χ0v) is 11.1. The van der Waals surface area contributed by atoms with Crippen LogP contribution >= 0.6 is 11.6 Å². The van der Waals surface area contributed by atoms with Gasteiger partial charge in [0.25, 0.3) is 5.91 Å². The fourth-order valence-electron chi connectivity index (χ4n) is 1.09. The van der Waals surface area contributed by atoms with Crippen LogP contribution < -0.4 is 11.1 Å². The van der Waals surface area contributed by atoms with E-state index in [-0.39, 0.29) is 27.6 Å². The molecular weight excluding hydrogens is 262 g/mol. The summed E-state index contributed by atoms with van der Waals surface area (Å²) in [4.78, 5) is 15.5. The number of pyridine rings is 1. The van der Waals surface area contributed by atoms with Crippen LogP contribution in [0.25, 0.3) is 0 Å². The highest BCUT2D eigenvalue weighted by molar-refractivity contribution is 7.84. The molecule has 0 bridgehead atoms. The number of rotatable bonds is 4. The number of halogens is 1. The van der Waals surface area contributed by atoms with Crippen LogP contribution in [0.5, 0.6) is 0 Å². The highest BCUT2D eigenvalue weighted by Gasteiger charge is 2.13. The summed E-state index contributed by atoms with van der Waals surface area (Å²) >= 11 is 5.68. The number of carbonyl (C=O) groups excluding carboxylic acids is 1. The average Bonchev–Trinajstić information content (AvgIpc) is 2.28. The minimum absolute atomic E-state index is 0.113. The Morgan fingerprint density at radius 3 is 2.94 bits per heavy atom. The van der Waals surface area contributed by atoms with Gasteiger partial charge in [-0.15, -0.1) is 0 Å². The van der Waals surface area contributed by atoms with E-state index in [1.807, 2.05) is 0 Å². The maximum Gasteiger partial charge on any atom is 0.253 e. The van der Waals surface area contributed by atoms with Crippen molar-refractivity contribution in [3.8, 4) is 0 Å². The second kappa shape index (κ2) is 5.97. The van der Waals surface area contributed by atoms with Gasteiger partial charge in [-0.1, -0.05) is 11.6 Å². The van der Waals surface area contributed by atoms with Crippen LogP contribution in [0.1, 0.15) is 17.3 Å². The van der Waals surface area contributed by atoms with Crippen LogP contribution in [0.2, 0.25) is 5.15 Å². The molecule has 0 aliphatic heterocycles. The molecule has 1 rings (SSSR count). The van der Waals surface area contributed by atoms with E-state index in [9.17, 15) is 9.00 Å². The number of anilines is 1. The van der Waals surface area contributed by atoms with Crippen LogP contribution in [0.15, 0.2) is 12.3 Å². The molecule has 94 valence electrons. The van der Waals surface area contributed by atoms with Crippen molar-refractivity contribution >= 4 is 34.0 Å². The number of aromatic nitrogens is 1. The summed E-state index contributed by atoms with van der Waals surface area (Å²) < 4.78 is 11.1. The number of nitrogens with one attached hydrogen (secondary N) is 1. The van der Waals surface area contributed by atoms with E-state index in [2.05, 4.69) is 10.3 Å². The molecule has 1 aromatic rings. The largest absolute Gasteiger partial charge is 0.397 e. The SMILES string of the molecule is CC(CNC(=O)c1cc(Cl)ncc1N)S(C)=O. The molecule has 0 aliphatic rings. The van der Waals surface area contributed by atoms with E-state index in [1.165, 1.54) is 12.3 Å². The Morgan fingerprint density at radius 2 is 2.35 bits per heavy atom. The van der Waals surface area contributed by atoms with Crippen molar-refractivity contribution < 1.29 is 9.00 Å². The second-order valence-electron chi connectivity index (χ2n) is 3.61. The van der Waals surface area contributed by atoms with E-state index in [4.69, 9.17) is 17.3 Å². The van der Waals surface area contributed by atoms with Gasteiger partial charge in [-0.2, -0.15) is 0 Å². The fourth-order valence-corrected chi connectivity index (χ4v) is 1.56. The third-order valence-electron chi connectivity index (χ3n) is 2.26. The lowest BCUT2D eigenvalue weighted by Gasteiger charge is -2.11. The molecule has 1 aromatic heterocycles. The Morgan fingerprint density at radius 1 is 1.71 bits per heavy atom. The third kappa shape index (κ3) is 3.98. The van der Waals surface area contributed by atoms with Gasteiger partial charge in [0.05, 0.1) is 17.4 Å². The van der Waals surface area contributed by atoms with Crippen molar-refractivity contribution in [2.24, 2.45) is 0 Å². The first-order chi connectivity index (χ1) is 7.91. The van der Waals surface area contributed by atoms with Crippen LogP contribution in [0.3, 0.4) is 0 Å². The molecule has 0 fully saturated rings. The van der Waals surface area contributed by atoms with Crippen molar-refractivity contribution in [1.82, 2.24) is 10.3 Å². The number of hydrogen-bond donors (Lipinski definition) is 2. The van der Waals surface area contributed by atoms with E-state index >= 15 is 0 Å². The lowest BCUT2D eigenvalue weighted by atomic mass is 10.2. The summed E-state index contributed by atoms with van der Waals surface area (Å²) in [5.74, 6) is -0.343. The summed E-state index contributed by atoms with van der Waals surface area (Å²) in [5.41, 5.74) is 6.15. The number of hydrogen-bond acceptors (Lipinski definition) is 4. The molecule has 0 radical (unpaired) electrons. The summed E-state index contributed by atoms with van der Waals surface area (Å²) in [7, 11) is -0.977. The van der Waals surface area contributed by atoms with Gasteiger partial charge in [-0.05, 0) is 13.0 Å². The van der Waals surface area contributed by atoms with Crippen molar-refractivity contribution in [3.05, 3.63) is 23.0 Å². The van der Waals surface area contributed by atoms with Gasteiger partial charge >= 0.3 is 0 Å². The first kappa shape index (κ1) is 13.9. The number of nitrogens with zero attached hydrogens (tertiary/aromatic N) is 1. The molecular formula is C10H14ClN3O2S. The van der Waals surface area contributed by atoms with Gasteiger partial charge in [0.1, 0.15) is 5.15 Å². The Balaban J connectivity index is 2.70. The predicted molar refractivity (Wildman–Crippen MR) is 69.5 cm³/mol. The molecule has 2 unspecified atom stereocenters. The van der Waals surface area contributed by atoms with Crippen molar-refractivity contribution in [2.45, 2.75) is 12.2 Å². The normalized spacial score (nSPS) is 14.1. The fraction of sp³-hybridized carbons (Fsp3) is 0.400. The van der Waals surface area contributed by atoms with Crippen molar-refractivity contribution in [3.63, 3.8) is 0 Å². The molecule has 2 atom stereocenters. The Labute approximate surface area is 107 Å². The smallest absolute Gasteiger partial charge is 0.253 e. The minimum atomic E-state index is -0.977. The van der Waals surface area contributed by atoms with Crippen LogP contribution in [0, 0.1) is 0 Å². The van der Waals surface area contributed by atoms with E-state index < -0.39 is 10.8 Å². The standard InChI is InChI=1S/C10H14ClN3O2S/c1-6(17(2)16)4-14-10(15)7-3-9(11)13-5-8(7)12/h3,5-6H,4,12H2,1-2H3,(H,14,15). The second-order valence-corrected chi connectivity index (χ2v) is 5.80. The Hall–Kier alpha value is -1.14. The number of amides is 1. The number of carbonyl (C=O) groups is 1. The molecule has 1 heterocycles. The van der Waals surface area contributed by atoms with Gasteiger partial charge < -0.3 is 11.1 Å². The van der Waals surface area contributed by atoms with Crippen LogP contribution in [-0.2, 0) is 10.8 Å². The van der Waals surface area contributed by atoms with Gasteiger partial charge in [0, 0.05) is 28.9 Å². The molecule has 0 aromatic carbocycles. The Bertz CT molecular complexity index is 453. The molecule has 0 spiro atoms. The van der Waals surface area contributed by atoms with Gasteiger partial charge in [-0.3, -0.25) is 9.00 Å². The molecule has 0 aliphatic carbocycles. The molecule has 17 heavy (non-hydrogen) atoms. The summed E-state index contributed by atoms with van der Waals surface area (Å²) in [6, 6.07) is 1.40. The molecule has 0 saturated carbocycles. The monoisotopic (exact) mass is 275 g/mol. The zero-order valence-electron chi connectivity index (χ0n) is 9.57. The maximum absolute atomic E-state index is 11.8. The van der Waals surface area contributed by atoms with Gasteiger partial charge in [-0.25, -0.2) is 4.98 Å². The van der Waals surface area contributed by atoms with E-state index in [0.717, 1.165) is 0 Å². The summed E-state index contributed by atoms with van der Waals surface area (Å²) in [6.45, 7) is 2.11. The van der Waals surface area contributed by atoms with E-state index in [1.54, 1.807) is 13.2 Å². The lowest BCUT2D eigenvalue weighted by Crippen LogP contribution is -2.33. The summed E-state index contributed by atoms with van der Waals surface area (Å²) in [5, 5.41) is 2.74. The quantitative estimate of drug-likeness (QED) is 0.797. The minimum Gasteiger partial charge on any atom is -0.397 e. The van der Waals surface area contributed by atoms with Crippen LogP contribution in [-0.4, -0.2) is 33.2 Å². The predicted octanol–water partition coefficient (Wildman–Crippen LogP) is 0.814. The van der Waals surface area contributed by atoms with Gasteiger partial charge in [0.2, 0.25) is 0 Å². The maximum atomic E-state index is 11.8. The topological polar surface area (TPSA) is 85.1 Å². The van der Waals surface area contributed by atoms with Gasteiger partial charge in [0.15, 0.2) is 0 Å². The van der Waals surface area contributed by atoms with Crippen LogP contribution in [0.4, 0.5) is 5.69 Å². The summed E-state index contributed by atoms with van der Waals surface area (Å²) in [6.07, 6.45) is 2.92. The first-order valence-corrected chi connectivity index (χ1v) is 6.93. The zero-order chi connectivity index (χ0) is 13.0. The average molecular weight is 276 g/mol. The highest BCUT2D eigenvalue weighted by Crippen LogP contribution is 2.14. The first-order valence-electron chi connectivity index (χ1n) is 4.93. The molecule has 3 N–H and O–H groups in total. The highest BCUT2D eigenvalue weighted by atomic mass is 35.5. The Kier molecular flexibility index (Phi) is 4.89. The van der Waals surface area contributed by atoms with Crippen molar-refractivity contribution in [1.29, 1.82) is 0 Å².